The van der Waals surface area contributed by atoms with Crippen molar-refractivity contribution < 1.29 is 14.0 Å². The lowest BCUT2D eigenvalue weighted by molar-refractivity contribution is 0.0296. The fraction of sp³-hybridized carbons (Fsp3) is 0.567. The molecule has 0 atom stereocenters. The second-order valence-electron chi connectivity index (χ2n) is 11.5. The molecule has 0 radical (unpaired) electrons. The van der Waals surface area contributed by atoms with Crippen LogP contribution in [0.1, 0.15) is 80.1 Å². The summed E-state index contributed by atoms with van der Waals surface area (Å²) in [6, 6.07) is 21.7. The molecule has 4 nitrogen and oxygen atoms in total. The summed E-state index contributed by atoms with van der Waals surface area (Å²) < 4.78 is 12.4. The smallest absolute Gasteiger partial charge is 0.410 e. The maximum atomic E-state index is 12.0. The Bertz CT molecular complexity index is 832. The maximum absolute atomic E-state index is 12.0. The number of benzene rings is 2. The molecule has 0 aromatic heterocycles. The first-order valence-electron chi connectivity index (χ1n) is 13.2. The molecular formula is C30H47NO3Si. The number of ether oxygens (including phenoxy) is 1. The topological polar surface area (TPSA) is 38.8 Å². The number of amides is 1. The zero-order chi connectivity index (χ0) is 26.0. The largest absolute Gasteiger partial charge is 0.444 e. The second-order valence-corrected chi connectivity index (χ2v) is 15.8. The maximum Gasteiger partial charge on any atom is 0.410 e. The number of rotatable bonds is 12. The van der Waals surface area contributed by atoms with Gasteiger partial charge in [-0.05, 0) is 49.0 Å². The molecule has 2 rings (SSSR count). The molecule has 2 aromatic carbocycles. The van der Waals surface area contributed by atoms with Gasteiger partial charge < -0.3 is 14.1 Å². The summed E-state index contributed by atoms with van der Waals surface area (Å²) in [5.74, 6) is 0. The van der Waals surface area contributed by atoms with Gasteiger partial charge in [-0.1, -0.05) is 107 Å². The first-order chi connectivity index (χ1) is 16.5. The van der Waals surface area contributed by atoms with Crippen LogP contribution in [0.4, 0.5) is 4.79 Å². The Balaban J connectivity index is 1.83. The Hall–Kier alpha value is -2.11. The summed E-state index contributed by atoms with van der Waals surface area (Å²) in [6.45, 7) is 14.2. The van der Waals surface area contributed by atoms with Crippen molar-refractivity contribution in [3.63, 3.8) is 0 Å². The average molecular weight is 498 g/mol. The van der Waals surface area contributed by atoms with E-state index in [4.69, 9.17) is 9.16 Å². The number of unbranched alkanes of at least 4 members (excludes halogenated alkanes) is 5. The molecule has 0 bridgehead atoms. The van der Waals surface area contributed by atoms with Crippen LogP contribution in [-0.4, -0.2) is 45.1 Å². The SMILES string of the molecule is CN(CCCCCCCCO[Si](c1ccccc1)(c1ccccc1)C(C)(C)C)C(=O)OC(C)(C)C. The lowest BCUT2D eigenvalue weighted by Crippen LogP contribution is -2.66. The van der Waals surface area contributed by atoms with Gasteiger partial charge in [0.25, 0.3) is 8.32 Å². The molecule has 2 aromatic rings. The van der Waals surface area contributed by atoms with Crippen molar-refractivity contribution in [1.29, 1.82) is 0 Å². The van der Waals surface area contributed by atoms with Gasteiger partial charge in [0.1, 0.15) is 5.60 Å². The highest BCUT2D eigenvalue weighted by Crippen LogP contribution is 2.36. The lowest BCUT2D eigenvalue weighted by atomic mass is 10.1. The van der Waals surface area contributed by atoms with E-state index in [1.807, 2.05) is 27.8 Å². The van der Waals surface area contributed by atoms with E-state index in [2.05, 4.69) is 81.4 Å². The van der Waals surface area contributed by atoms with Crippen LogP contribution in [0.3, 0.4) is 0 Å². The number of hydrogen-bond donors (Lipinski definition) is 0. The van der Waals surface area contributed by atoms with Crippen LogP contribution in [0.15, 0.2) is 60.7 Å². The molecule has 0 aliphatic carbocycles. The van der Waals surface area contributed by atoms with Gasteiger partial charge in [0, 0.05) is 20.2 Å². The predicted molar refractivity (Wildman–Crippen MR) is 150 cm³/mol. The van der Waals surface area contributed by atoms with Crippen molar-refractivity contribution in [2.45, 2.75) is 90.7 Å². The number of carbonyl (C=O) groups excluding carboxylic acids is 1. The Morgan fingerprint density at radius 3 is 1.66 bits per heavy atom. The fourth-order valence-corrected chi connectivity index (χ4v) is 9.18. The molecule has 194 valence electrons. The molecule has 0 aliphatic heterocycles. The summed E-state index contributed by atoms with van der Waals surface area (Å²) >= 11 is 0. The van der Waals surface area contributed by atoms with E-state index in [-0.39, 0.29) is 11.1 Å². The Morgan fingerprint density at radius 2 is 1.20 bits per heavy atom. The molecule has 0 saturated heterocycles. The van der Waals surface area contributed by atoms with Gasteiger partial charge in [0.2, 0.25) is 0 Å². The zero-order valence-corrected chi connectivity index (χ0v) is 24.1. The third-order valence-corrected chi connectivity index (χ3v) is 11.4. The molecule has 0 unspecified atom stereocenters. The second kappa shape index (κ2) is 13.3. The molecule has 0 spiro atoms. The third-order valence-electron chi connectivity index (χ3n) is 6.33. The number of hydrogen-bond acceptors (Lipinski definition) is 3. The van der Waals surface area contributed by atoms with Gasteiger partial charge in [0.15, 0.2) is 0 Å². The van der Waals surface area contributed by atoms with E-state index in [1.165, 1.54) is 29.6 Å². The van der Waals surface area contributed by atoms with Crippen LogP contribution in [0.25, 0.3) is 0 Å². The molecule has 0 saturated carbocycles. The highest BCUT2D eigenvalue weighted by Gasteiger charge is 2.49. The Labute approximate surface area is 215 Å². The van der Waals surface area contributed by atoms with Gasteiger partial charge in [0.05, 0.1) is 0 Å². The summed E-state index contributed by atoms with van der Waals surface area (Å²) in [6.07, 6.45) is 6.51. The number of nitrogens with zero attached hydrogens (tertiary/aromatic N) is 1. The van der Waals surface area contributed by atoms with Crippen molar-refractivity contribution in [3.05, 3.63) is 60.7 Å². The first kappa shape index (κ1) is 29.1. The van der Waals surface area contributed by atoms with Crippen LogP contribution in [0.5, 0.6) is 0 Å². The van der Waals surface area contributed by atoms with E-state index in [1.54, 1.807) is 4.90 Å². The van der Waals surface area contributed by atoms with Crippen molar-refractivity contribution in [2.75, 3.05) is 20.2 Å². The van der Waals surface area contributed by atoms with Crippen LogP contribution in [-0.2, 0) is 9.16 Å². The highest BCUT2D eigenvalue weighted by molar-refractivity contribution is 6.99. The summed E-state index contributed by atoms with van der Waals surface area (Å²) in [7, 11) is -0.605. The summed E-state index contributed by atoms with van der Waals surface area (Å²) in [4.78, 5) is 13.7. The van der Waals surface area contributed by atoms with E-state index in [9.17, 15) is 4.79 Å². The Kier molecular flexibility index (Phi) is 11.0. The molecule has 1 amide bonds. The zero-order valence-electron chi connectivity index (χ0n) is 23.1. The molecule has 0 aliphatic rings. The fourth-order valence-electron chi connectivity index (χ4n) is 4.58. The molecule has 0 N–H and O–H groups in total. The summed E-state index contributed by atoms with van der Waals surface area (Å²) in [5, 5.41) is 2.70. The van der Waals surface area contributed by atoms with Crippen molar-refractivity contribution in [1.82, 2.24) is 4.90 Å². The van der Waals surface area contributed by atoms with Crippen LogP contribution >= 0.6 is 0 Å². The minimum Gasteiger partial charge on any atom is -0.444 e. The van der Waals surface area contributed by atoms with Gasteiger partial charge in [-0.25, -0.2) is 4.79 Å². The van der Waals surface area contributed by atoms with E-state index < -0.39 is 13.9 Å². The predicted octanol–water partition coefficient (Wildman–Crippen LogP) is 6.77. The molecule has 5 heteroatoms. The van der Waals surface area contributed by atoms with Crippen LogP contribution in [0.2, 0.25) is 5.04 Å². The highest BCUT2D eigenvalue weighted by atomic mass is 28.4. The van der Waals surface area contributed by atoms with Crippen LogP contribution < -0.4 is 10.4 Å². The minimum absolute atomic E-state index is 0.0237. The molecule has 35 heavy (non-hydrogen) atoms. The van der Waals surface area contributed by atoms with E-state index >= 15 is 0 Å². The lowest BCUT2D eigenvalue weighted by Gasteiger charge is -2.43. The van der Waals surface area contributed by atoms with Gasteiger partial charge in [-0.2, -0.15) is 0 Å². The van der Waals surface area contributed by atoms with Gasteiger partial charge in [-0.15, -0.1) is 0 Å². The quantitative estimate of drug-likeness (QED) is 0.240. The Morgan fingerprint density at radius 1 is 0.743 bits per heavy atom. The van der Waals surface area contributed by atoms with E-state index in [0.29, 0.717) is 0 Å². The van der Waals surface area contributed by atoms with E-state index in [0.717, 1.165) is 32.4 Å². The normalized spacial score (nSPS) is 12.4. The average Bonchev–Trinajstić information content (AvgIpc) is 2.79. The van der Waals surface area contributed by atoms with Crippen LogP contribution in [0, 0.1) is 0 Å². The standard InChI is InChI=1S/C30H47NO3Si/c1-29(2,3)34-28(32)31(7)24-18-10-8-9-11-19-25-33-35(30(4,5)6,26-20-14-12-15-21-26)27-22-16-13-17-23-27/h12-17,20-23H,8-11,18-19,24-25H2,1-7H3. The monoisotopic (exact) mass is 497 g/mol. The van der Waals surface area contributed by atoms with Crippen molar-refractivity contribution in [3.8, 4) is 0 Å². The number of carbonyl (C=O) groups is 1. The molecule has 0 fully saturated rings. The van der Waals surface area contributed by atoms with Gasteiger partial charge >= 0.3 is 6.09 Å². The third kappa shape index (κ3) is 8.80. The van der Waals surface area contributed by atoms with Crippen molar-refractivity contribution in [2.24, 2.45) is 0 Å². The summed E-state index contributed by atoms with van der Waals surface area (Å²) in [5.41, 5.74) is -0.443. The van der Waals surface area contributed by atoms with Crippen molar-refractivity contribution >= 4 is 24.8 Å². The van der Waals surface area contributed by atoms with Gasteiger partial charge in [-0.3, -0.25) is 0 Å². The first-order valence-corrected chi connectivity index (χ1v) is 15.1. The molecular weight excluding hydrogens is 450 g/mol. The minimum atomic E-state index is -2.42. The molecule has 0 heterocycles.